The highest BCUT2D eigenvalue weighted by atomic mass is 16.4. The number of aliphatic carboxylic acids is 1. The summed E-state index contributed by atoms with van der Waals surface area (Å²) in [5, 5.41) is 8.62. The van der Waals surface area contributed by atoms with Gasteiger partial charge in [-0.2, -0.15) is 0 Å². The molecule has 1 aromatic heterocycles. The number of carboxylic acids is 1. The van der Waals surface area contributed by atoms with Crippen molar-refractivity contribution in [1.82, 2.24) is 14.8 Å². The molecule has 2 heterocycles. The maximum Gasteiger partial charge on any atom is 0.305 e. The van der Waals surface area contributed by atoms with Gasteiger partial charge in [0.2, 0.25) is 0 Å². The predicted molar refractivity (Wildman–Crippen MR) is 75.1 cm³/mol. The van der Waals surface area contributed by atoms with Crippen molar-refractivity contribution in [3.8, 4) is 0 Å². The van der Waals surface area contributed by atoms with Crippen molar-refractivity contribution in [3.05, 3.63) is 23.5 Å². The van der Waals surface area contributed by atoms with E-state index < -0.39 is 5.97 Å². The molecule has 0 atom stereocenters. The van der Waals surface area contributed by atoms with Crippen LogP contribution in [0.3, 0.4) is 0 Å². The minimum Gasteiger partial charge on any atom is -0.481 e. The highest BCUT2D eigenvalue weighted by Gasteiger charge is 2.22. The first kappa shape index (κ1) is 15.1. The van der Waals surface area contributed by atoms with Gasteiger partial charge in [0.15, 0.2) is 0 Å². The van der Waals surface area contributed by atoms with Crippen LogP contribution in [-0.4, -0.2) is 64.4 Å². The lowest BCUT2D eigenvalue weighted by Crippen LogP contribution is -2.29. The third-order valence-electron chi connectivity index (χ3n) is 3.56. The number of carbonyl (C=O) groups excluding carboxylic acids is 2. The lowest BCUT2D eigenvalue weighted by molar-refractivity contribution is -0.137. The Bertz CT molecular complexity index is 546. The fourth-order valence-electron chi connectivity index (χ4n) is 2.32. The van der Waals surface area contributed by atoms with E-state index >= 15 is 0 Å². The molecular weight excluding hydrogens is 274 g/mol. The van der Waals surface area contributed by atoms with Crippen LogP contribution < -0.4 is 0 Å². The Morgan fingerprint density at radius 3 is 2.62 bits per heavy atom. The van der Waals surface area contributed by atoms with E-state index in [0.29, 0.717) is 11.3 Å². The summed E-state index contributed by atoms with van der Waals surface area (Å²) in [4.78, 5) is 40.7. The molecule has 1 aromatic rings. The lowest BCUT2D eigenvalue weighted by Gasteiger charge is -2.15. The summed E-state index contributed by atoms with van der Waals surface area (Å²) in [6.07, 6.45) is 3.40. The Morgan fingerprint density at radius 2 is 2.00 bits per heavy atom. The number of nitrogens with zero attached hydrogens (tertiary/aromatic N) is 2. The number of aromatic nitrogens is 1. The highest BCUT2D eigenvalue weighted by Crippen LogP contribution is 2.14. The van der Waals surface area contributed by atoms with Gasteiger partial charge in [0.05, 0.1) is 12.0 Å². The number of amides is 2. The smallest absolute Gasteiger partial charge is 0.305 e. The predicted octanol–water partition coefficient (Wildman–Crippen LogP) is 0.797. The van der Waals surface area contributed by atoms with Crippen LogP contribution in [0, 0.1) is 0 Å². The molecule has 1 fully saturated rings. The number of rotatable bonds is 5. The molecule has 2 amide bonds. The van der Waals surface area contributed by atoms with Crippen molar-refractivity contribution >= 4 is 17.8 Å². The fraction of sp³-hybridized carbons (Fsp3) is 0.500. The van der Waals surface area contributed by atoms with Crippen molar-refractivity contribution < 1.29 is 19.5 Å². The lowest BCUT2D eigenvalue weighted by atomic mass is 10.2. The first-order valence-corrected chi connectivity index (χ1v) is 6.94. The van der Waals surface area contributed by atoms with E-state index in [4.69, 9.17) is 5.11 Å². The van der Waals surface area contributed by atoms with Crippen LogP contribution in [0.1, 0.15) is 40.1 Å². The van der Waals surface area contributed by atoms with Crippen LogP contribution in [0.25, 0.3) is 0 Å². The number of carbonyl (C=O) groups is 3. The molecular formula is C14H19N3O4. The highest BCUT2D eigenvalue weighted by molar-refractivity contribution is 5.99. The third-order valence-corrected chi connectivity index (χ3v) is 3.56. The molecule has 0 saturated carbocycles. The summed E-state index contributed by atoms with van der Waals surface area (Å²) < 4.78 is 0. The standard InChI is InChI=1S/C14H19N3O4/c1-16(7-4-12(18)19)13(20)10-8-11(15-9-10)14(21)17-5-2-3-6-17/h8-9,15H,2-7H2,1H3,(H,18,19). The third kappa shape index (κ3) is 3.62. The molecule has 0 spiro atoms. The summed E-state index contributed by atoms with van der Waals surface area (Å²) in [5.41, 5.74) is 0.761. The fourth-order valence-corrected chi connectivity index (χ4v) is 2.32. The van der Waals surface area contributed by atoms with Crippen molar-refractivity contribution in [2.45, 2.75) is 19.3 Å². The minimum atomic E-state index is -0.950. The molecule has 7 nitrogen and oxygen atoms in total. The van der Waals surface area contributed by atoms with E-state index in [-0.39, 0.29) is 24.8 Å². The van der Waals surface area contributed by atoms with Crippen LogP contribution in [-0.2, 0) is 4.79 Å². The average molecular weight is 293 g/mol. The maximum absolute atomic E-state index is 12.2. The summed E-state index contributed by atoms with van der Waals surface area (Å²) in [7, 11) is 1.54. The van der Waals surface area contributed by atoms with E-state index in [1.165, 1.54) is 17.2 Å². The van der Waals surface area contributed by atoms with E-state index in [1.807, 2.05) is 0 Å². The van der Waals surface area contributed by atoms with Gasteiger partial charge >= 0.3 is 5.97 Å². The topological polar surface area (TPSA) is 93.7 Å². The number of hydrogen-bond acceptors (Lipinski definition) is 3. The Balaban J connectivity index is 1.99. The second-order valence-electron chi connectivity index (χ2n) is 5.17. The molecule has 0 bridgehead atoms. The van der Waals surface area contributed by atoms with E-state index in [2.05, 4.69) is 4.98 Å². The zero-order valence-corrected chi connectivity index (χ0v) is 12.0. The molecule has 114 valence electrons. The van der Waals surface area contributed by atoms with Crippen LogP contribution in [0.5, 0.6) is 0 Å². The molecule has 0 aromatic carbocycles. The SMILES string of the molecule is CN(CCC(=O)O)C(=O)c1c[nH]c(C(=O)N2CCCC2)c1. The van der Waals surface area contributed by atoms with Gasteiger partial charge < -0.3 is 19.9 Å². The average Bonchev–Trinajstić information content (AvgIpc) is 3.13. The van der Waals surface area contributed by atoms with Crippen LogP contribution >= 0.6 is 0 Å². The molecule has 1 saturated heterocycles. The summed E-state index contributed by atoms with van der Waals surface area (Å²) in [6.45, 7) is 1.63. The summed E-state index contributed by atoms with van der Waals surface area (Å²) >= 11 is 0. The first-order chi connectivity index (χ1) is 9.99. The van der Waals surface area contributed by atoms with Gasteiger partial charge in [-0.25, -0.2) is 0 Å². The molecule has 0 aliphatic carbocycles. The van der Waals surface area contributed by atoms with Crippen LogP contribution in [0.4, 0.5) is 0 Å². The number of nitrogens with one attached hydrogen (secondary N) is 1. The van der Waals surface area contributed by atoms with Gasteiger partial charge in [-0.05, 0) is 18.9 Å². The number of carboxylic acid groups (broad SMARTS) is 1. The molecule has 2 rings (SSSR count). The van der Waals surface area contributed by atoms with Gasteiger partial charge in [-0.1, -0.05) is 0 Å². The van der Waals surface area contributed by atoms with E-state index in [9.17, 15) is 14.4 Å². The maximum atomic E-state index is 12.2. The van der Waals surface area contributed by atoms with Crippen molar-refractivity contribution in [2.75, 3.05) is 26.7 Å². The minimum absolute atomic E-state index is 0.0975. The molecule has 0 unspecified atom stereocenters. The van der Waals surface area contributed by atoms with Crippen LogP contribution in [0.2, 0.25) is 0 Å². The zero-order valence-electron chi connectivity index (χ0n) is 12.0. The monoisotopic (exact) mass is 293 g/mol. The molecule has 7 heteroatoms. The Morgan fingerprint density at radius 1 is 1.33 bits per heavy atom. The Kier molecular flexibility index (Phi) is 4.62. The normalized spacial score (nSPS) is 14.2. The molecule has 1 aliphatic rings. The molecule has 21 heavy (non-hydrogen) atoms. The van der Waals surface area contributed by atoms with E-state index in [1.54, 1.807) is 11.9 Å². The van der Waals surface area contributed by atoms with Crippen molar-refractivity contribution in [3.63, 3.8) is 0 Å². The molecule has 2 N–H and O–H groups in total. The zero-order chi connectivity index (χ0) is 15.4. The van der Waals surface area contributed by atoms with Gasteiger partial charge in [-0.3, -0.25) is 14.4 Å². The number of likely N-dealkylation sites (tertiary alicyclic amines) is 1. The summed E-state index contributed by atoms with van der Waals surface area (Å²) in [5.74, 6) is -1.35. The van der Waals surface area contributed by atoms with E-state index in [0.717, 1.165) is 25.9 Å². The molecule has 1 aliphatic heterocycles. The van der Waals surface area contributed by atoms with Gasteiger partial charge in [0.25, 0.3) is 11.8 Å². The molecule has 0 radical (unpaired) electrons. The summed E-state index contributed by atoms with van der Waals surface area (Å²) in [6, 6.07) is 1.53. The van der Waals surface area contributed by atoms with Gasteiger partial charge in [0, 0.05) is 32.9 Å². The second kappa shape index (κ2) is 6.43. The Labute approximate surface area is 122 Å². The largest absolute Gasteiger partial charge is 0.481 e. The quantitative estimate of drug-likeness (QED) is 0.839. The number of hydrogen-bond donors (Lipinski definition) is 2. The number of aromatic amines is 1. The first-order valence-electron chi connectivity index (χ1n) is 6.94. The van der Waals surface area contributed by atoms with Gasteiger partial charge in [0.1, 0.15) is 5.69 Å². The van der Waals surface area contributed by atoms with Crippen LogP contribution in [0.15, 0.2) is 12.3 Å². The second-order valence-corrected chi connectivity index (χ2v) is 5.17. The number of H-pyrrole nitrogens is 1. The Hall–Kier alpha value is -2.31. The van der Waals surface area contributed by atoms with Crippen molar-refractivity contribution in [1.29, 1.82) is 0 Å². The van der Waals surface area contributed by atoms with Gasteiger partial charge in [-0.15, -0.1) is 0 Å². The van der Waals surface area contributed by atoms with Crippen molar-refractivity contribution in [2.24, 2.45) is 0 Å².